The summed E-state index contributed by atoms with van der Waals surface area (Å²) in [5.41, 5.74) is 0. The highest BCUT2D eigenvalue weighted by Gasteiger charge is 2.46. The van der Waals surface area contributed by atoms with Crippen LogP contribution in [0.15, 0.2) is 0 Å². The maximum absolute atomic E-state index is 2.30. The van der Waals surface area contributed by atoms with Crippen molar-refractivity contribution in [2.45, 2.75) is 45.4 Å². The summed E-state index contributed by atoms with van der Waals surface area (Å²) in [6, 6.07) is 0. The molecule has 0 unspecified atom stereocenters. The third-order valence-electron chi connectivity index (χ3n) is 3.13. The number of unbranched alkanes of at least 4 members (excludes halogenated alkanes) is 1. The van der Waals surface area contributed by atoms with Crippen molar-refractivity contribution in [2.24, 2.45) is 17.8 Å². The van der Waals surface area contributed by atoms with Gasteiger partial charge in [0.1, 0.15) is 0 Å². The zero-order chi connectivity index (χ0) is 6.97. The Morgan fingerprint density at radius 3 is 2.70 bits per heavy atom. The van der Waals surface area contributed by atoms with E-state index in [9.17, 15) is 0 Å². The maximum Gasteiger partial charge on any atom is -0.0355 e. The second-order valence-corrected chi connectivity index (χ2v) is 4.14. The van der Waals surface area contributed by atoms with Crippen molar-refractivity contribution in [1.29, 1.82) is 0 Å². The molecule has 2 rings (SSSR count). The Morgan fingerprint density at radius 1 is 1.30 bits per heavy atom. The Morgan fingerprint density at radius 2 is 2.10 bits per heavy atom. The van der Waals surface area contributed by atoms with Gasteiger partial charge in [0.25, 0.3) is 0 Å². The molecular formula is C10H18. The molecule has 2 aliphatic rings. The van der Waals surface area contributed by atoms with Crippen molar-refractivity contribution in [3.63, 3.8) is 0 Å². The maximum atomic E-state index is 2.30. The monoisotopic (exact) mass is 138 g/mol. The van der Waals surface area contributed by atoms with Crippen molar-refractivity contribution < 1.29 is 0 Å². The number of hydrogen-bond donors (Lipinski definition) is 0. The Bertz CT molecular complexity index is 113. The Hall–Kier alpha value is 0. The van der Waals surface area contributed by atoms with Crippen molar-refractivity contribution in [3.05, 3.63) is 0 Å². The molecule has 10 heavy (non-hydrogen) atoms. The smallest absolute Gasteiger partial charge is 0.0355 e. The minimum Gasteiger partial charge on any atom is -0.0654 e. The summed E-state index contributed by atoms with van der Waals surface area (Å²) in [5, 5.41) is 0. The molecule has 0 heterocycles. The van der Waals surface area contributed by atoms with Gasteiger partial charge in [0.05, 0.1) is 0 Å². The topological polar surface area (TPSA) is 0 Å². The molecule has 2 saturated carbocycles. The number of rotatable bonds is 4. The first kappa shape index (κ1) is 6.69. The molecule has 2 fully saturated rings. The summed E-state index contributed by atoms with van der Waals surface area (Å²) in [4.78, 5) is 0. The van der Waals surface area contributed by atoms with Crippen LogP contribution >= 0.6 is 0 Å². The van der Waals surface area contributed by atoms with Gasteiger partial charge in [-0.25, -0.2) is 0 Å². The molecule has 0 heteroatoms. The molecule has 2 aliphatic carbocycles. The lowest BCUT2D eigenvalue weighted by Crippen LogP contribution is -1.84. The van der Waals surface area contributed by atoms with Crippen LogP contribution in [-0.4, -0.2) is 0 Å². The zero-order valence-electron chi connectivity index (χ0n) is 6.97. The van der Waals surface area contributed by atoms with E-state index in [-0.39, 0.29) is 0 Å². The molecule has 0 spiro atoms. The van der Waals surface area contributed by atoms with Gasteiger partial charge in [0.2, 0.25) is 0 Å². The fraction of sp³-hybridized carbons (Fsp3) is 1.00. The highest BCUT2D eigenvalue weighted by molar-refractivity contribution is 4.96. The molecule has 0 saturated heterocycles. The van der Waals surface area contributed by atoms with Gasteiger partial charge in [-0.15, -0.1) is 0 Å². The van der Waals surface area contributed by atoms with E-state index in [4.69, 9.17) is 0 Å². The predicted octanol–water partition coefficient (Wildman–Crippen LogP) is 3.22. The van der Waals surface area contributed by atoms with Crippen molar-refractivity contribution in [1.82, 2.24) is 0 Å². The third-order valence-corrected chi connectivity index (χ3v) is 3.13. The van der Waals surface area contributed by atoms with Gasteiger partial charge in [-0.05, 0) is 37.0 Å². The van der Waals surface area contributed by atoms with Gasteiger partial charge in [-0.1, -0.05) is 26.2 Å². The molecule has 0 N–H and O–H groups in total. The van der Waals surface area contributed by atoms with Crippen LogP contribution in [0.4, 0.5) is 0 Å². The van der Waals surface area contributed by atoms with Gasteiger partial charge in [0.15, 0.2) is 0 Å². The van der Waals surface area contributed by atoms with Gasteiger partial charge >= 0.3 is 0 Å². The molecule has 2 atom stereocenters. The average molecular weight is 138 g/mol. The molecule has 0 bridgehead atoms. The third kappa shape index (κ3) is 1.36. The van der Waals surface area contributed by atoms with E-state index in [1.165, 1.54) is 37.0 Å². The summed E-state index contributed by atoms with van der Waals surface area (Å²) >= 11 is 0. The molecule has 0 amide bonds. The highest BCUT2D eigenvalue weighted by atomic mass is 14.5. The van der Waals surface area contributed by atoms with Crippen molar-refractivity contribution >= 4 is 0 Å². The van der Waals surface area contributed by atoms with Crippen LogP contribution in [0.25, 0.3) is 0 Å². The summed E-state index contributed by atoms with van der Waals surface area (Å²) in [6.45, 7) is 2.30. The van der Waals surface area contributed by atoms with Crippen LogP contribution in [0.1, 0.15) is 45.4 Å². The quantitative estimate of drug-likeness (QED) is 0.559. The van der Waals surface area contributed by atoms with E-state index in [2.05, 4.69) is 6.92 Å². The first-order valence-electron chi connectivity index (χ1n) is 4.92. The molecule has 58 valence electrons. The fourth-order valence-corrected chi connectivity index (χ4v) is 2.17. The van der Waals surface area contributed by atoms with E-state index >= 15 is 0 Å². The van der Waals surface area contributed by atoms with Gasteiger partial charge in [-0.2, -0.15) is 0 Å². The van der Waals surface area contributed by atoms with E-state index < -0.39 is 0 Å². The normalized spacial score (nSPS) is 38.1. The molecule has 0 nitrogen and oxygen atoms in total. The lowest BCUT2D eigenvalue weighted by Gasteiger charge is -1.94. The highest BCUT2D eigenvalue weighted by Crippen LogP contribution is 2.55. The second kappa shape index (κ2) is 2.56. The summed E-state index contributed by atoms with van der Waals surface area (Å²) in [5.74, 6) is 3.57. The molecule has 0 aliphatic heterocycles. The molecular weight excluding hydrogens is 120 g/mol. The first-order valence-corrected chi connectivity index (χ1v) is 4.92. The van der Waals surface area contributed by atoms with E-state index in [1.807, 2.05) is 0 Å². The lowest BCUT2D eigenvalue weighted by atomic mass is 10.1. The molecule has 0 aromatic heterocycles. The van der Waals surface area contributed by atoms with Gasteiger partial charge in [0, 0.05) is 0 Å². The van der Waals surface area contributed by atoms with Crippen LogP contribution in [-0.2, 0) is 0 Å². The van der Waals surface area contributed by atoms with E-state index in [0.29, 0.717) is 0 Å². The summed E-state index contributed by atoms with van der Waals surface area (Å²) in [7, 11) is 0. The minimum atomic E-state index is 1.17. The van der Waals surface area contributed by atoms with Crippen LogP contribution < -0.4 is 0 Å². The summed E-state index contributed by atoms with van der Waals surface area (Å²) in [6.07, 6.45) is 9.13. The van der Waals surface area contributed by atoms with E-state index in [0.717, 1.165) is 0 Å². The Balaban J connectivity index is 1.60. The Labute approximate surface area is 64.0 Å². The molecule has 0 aromatic rings. The first-order chi connectivity index (χ1) is 4.92. The fourth-order valence-electron chi connectivity index (χ4n) is 2.17. The number of hydrogen-bond acceptors (Lipinski definition) is 0. The zero-order valence-corrected chi connectivity index (χ0v) is 6.97. The van der Waals surface area contributed by atoms with E-state index in [1.54, 1.807) is 19.3 Å². The van der Waals surface area contributed by atoms with Crippen LogP contribution in [0.3, 0.4) is 0 Å². The lowest BCUT2D eigenvalue weighted by molar-refractivity contribution is 0.567. The molecule has 0 radical (unpaired) electrons. The van der Waals surface area contributed by atoms with Crippen molar-refractivity contribution in [2.75, 3.05) is 0 Å². The molecule has 0 aromatic carbocycles. The van der Waals surface area contributed by atoms with Gasteiger partial charge < -0.3 is 0 Å². The standard InChI is InChI=1S/C10H18/c1-2-3-4-9-7-10(9)8-5-6-8/h8-10H,2-7H2,1H3/t9-,10-/m0/s1. The van der Waals surface area contributed by atoms with Crippen LogP contribution in [0.5, 0.6) is 0 Å². The predicted molar refractivity (Wildman–Crippen MR) is 43.8 cm³/mol. The largest absolute Gasteiger partial charge is 0.0654 e. The average Bonchev–Trinajstić information content (AvgIpc) is 2.77. The summed E-state index contributed by atoms with van der Waals surface area (Å²) < 4.78 is 0. The SMILES string of the molecule is CCCC[C@H]1C[C@H]1C1CC1. The Kier molecular flexibility index (Phi) is 1.71. The minimum absolute atomic E-state index is 1.17. The van der Waals surface area contributed by atoms with Crippen molar-refractivity contribution in [3.8, 4) is 0 Å². The second-order valence-electron chi connectivity index (χ2n) is 4.14. The van der Waals surface area contributed by atoms with Gasteiger partial charge in [-0.3, -0.25) is 0 Å². The van der Waals surface area contributed by atoms with Crippen LogP contribution in [0.2, 0.25) is 0 Å². The van der Waals surface area contributed by atoms with Crippen LogP contribution in [0, 0.1) is 17.8 Å².